The molecule has 0 aliphatic carbocycles. The number of nitrogens with zero attached hydrogens (tertiary/aromatic N) is 2. The number of ether oxygens (including phenoxy) is 1. The molecule has 0 aliphatic heterocycles. The Bertz CT molecular complexity index is 1330. The van der Waals surface area contributed by atoms with Crippen molar-refractivity contribution in [1.82, 2.24) is 10.3 Å². The van der Waals surface area contributed by atoms with Crippen molar-refractivity contribution in [3.05, 3.63) is 102 Å². The zero-order valence-corrected chi connectivity index (χ0v) is 17.6. The molecule has 1 aromatic heterocycles. The van der Waals surface area contributed by atoms with Crippen molar-refractivity contribution in [3.8, 4) is 5.75 Å². The van der Waals surface area contributed by atoms with Crippen LogP contribution in [-0.4, -0.2) is 22.8 Å². The van der Waals surface area contributed by atoms with E-state index in [0.29, 0.717) is 34.8 Å². The van der Waals surface area contributed by atoms with Gasteiger partial charge in [-0.05, 0) is 54.1 Å². The second kappa shape index (κ2) is 9.61. The number of fused-ring (bicyclic) bond motifs is 1. The van der Waals surface area contributed by atoms with Crippen LogP contribution in [0.2, 0.25) is 0 Å². The van der Waals surface area contributed by atoms with Crippen LogP contribution in [0.3, 0.4) is 0 Å². The highest BCUT2D eigenvalue weighted by molar-refractivity contribution is 5.95. The van der Waals surface area contributed by atoms with Gasteiger partial charge in [-0.15, -0.1) is 0 Å². The summed E-state index contributed by atoms with van der Waals surface area (Å²) in [7, 11) is 0. The van der Waals surface area contributed by atoms with Gasteiger partial charge in [0.2, 0.25) is 0 Å². The van der Waals surface area contributed by atoms with Gasteiger partial charge in [0.25, 0.3) is 5.91 Å². The standard InChI is InChI=1S/C25H21N5O3/c26-25(27)29-19-9-6-17(7-10-19)24(32)33-20-11-13-21-18(14-20)8-12-22(30-21)23(31)28-15-16-4-2-1-3-5-16/h1-14H,15H2,(H,28,31)(H4,26,27,29). The molecule has 0 aliphatic rings. The van der Waals surface area contributed by atoms with E-state index in [1.807, 2.05) is 30.3 Å². The zero-order chi connectivity index (χ0) is 23.2. The van der Waals surface area contributed by atoms with Gasteiger partial charge in [-0.3, -0.25) is 4.79 Å². The molecule has 4 aromatic rings. The summed E-state index contributed by atoms with van der Waals surface area (Å²) in [6, 6.07) is 24.5. The lowest BCUT2D eigenvalue weighted by atomic mass is 10.1. The molecule has 0 unspecified atom stereocenters. The molecule has 0 radical (unpaired) electrons. The number of aliphatic imine (C=N–C) groups is 1. The molecule has 33 heavy (non-hydrogen) atoms. The molecule has 1 heterocycles. The predicted octanol–water partition coefficient (Wildman–Crippen LogP) is 3.29. The van der Waals surface area contributed by atoms with Crippen LogP contribution >= 0.6 is 0 Å². The van der Waals surface area contributed by atoms with E-state index in [-0.39, 0.29) is 11.9 Å². The molecule has 1 amide bonds. The highest BCUT2D eigenvalue weighted by atomic mass is 16.5. The Labute approximate surface area is 189 Å². The van der Waals surface area contributed by atoms with Crippen molar-refractivity contribution >= 4 is 34.4 Å². The number of nitrogens with two attached hydrogens (primary N) is 2. The van der Waals surface area contributed by atoms with E-state index in [1.165, 1.54) is 0 Å². The zero-order valence-electron chi connectivity index (χ0n) is 17.6. The third-order valence-corrected chi connectivity index (χ3v) is 4.76. The van der Waals surface area contributed by atoms with Crippen LogP contribution in [0.15, 0.2) is 89.9 Å². The summed E-state index contributed by atoms with van der Waals surface area (Å²) < 4.78 is 5.46. The molecule has 0 spiro atoms. The number of hydrogen-bond acceptors (Lipinski definition) is 5. The van der Waals surface area contributed by atoms with Gasteiger partial charge in [0.05, 0.1) is 16.8 Å². The largest absolute Gasteiger partial charge is 0.423 e. The third kappa shape index (κ3) is 5.50. The van der Waals surface area contributed by atoms with Gasteiger partial charge >= 0.3 is 5.97 Å². The molecular weight excluding hydrogens is 418 g/mol. The molecule has 0 atom stereocenters. The quantitative estimate of drug-likeness (QED) is 0.183. The van der Waals surface area contributed by atoms with Crippen LogP contribution in [0, 0.1) is 0 Å². The first-order chi connectivity index (χ1) is 16.0. The van der Waals surface area contributed by atoms with Crippen molar-refractivity contribution in [2.45, 2.75) is 6.54 Å². The number of hydrogen-bond donors (Lipinski definition) is 3. The Balaban J connectivity index is 1.43. The molecular formula is C25H21N5O3. The number of rotatable bonds is 6. The van der Waals surface area contributed by atoms with E-state index >= 15 is 0 Å². The van der Waals surface area contributed by atoms with Gasteiger partial charge in [0.15, 0.2) is 5.96 Å². The monoisotopic (exact) mass is 439 g/mol. The van der Waals surface area contributed by atoms with Crippen LogP contribution in [0.4, 0.5) is 5.69 Å². The van der Waals surface area contributed by atoms with E-state index in [2.05, 4.69) is 15.3 Å². The van der Waals surface area contributed by atoms with Crippen molar-refractivity contribution in [1.29, 1.82) is 0 Å². The van der Waals surface area contributed by atoms with Crippen molar-refractivity contribution < 1.29 is 14.3 Å². The Morgan fingerprint density at radius 3 is 2.39 bits per heavy atom. The molecule has 5 N–H and O–H groups in total. The second-order valence-electron chi connectivity index (χ2n) is 7.19. The molecule has 3 aromatic carbocycles. The summed E-state index contributed by atoms with van der Waals surface area (Å²) in [5.74, 6) is -0.480. The Morgan fingerprint density at radius 2 is 1.67 bits per heavy atom. The van der Waals surface area contributed by atoms with Crippen LogP contribution < -0.4 is 21.5 Å². The maximum atomic E-state index is 12.4. The number of aromatic nitrogens is 1. The van der Waals surface area contributed by atoms with Crippen molar-refractivity contribution in [3.63, 3.8) is 0 Å². The van der Waals surface area contributed by atoms with Crippen molar-refractivity contribution in [2.24, 2.45) is 16.5 Å². The van der Waals surface area contributed by atoms with Gasteiger partial charge in [0, 0.05) is 11.9 Å². The second-order valence-corrected chi connectivity index (χ2v) is 7.19. The average molecular weight is 439 g/mol. The van der Waals surface area contributed by atoms with Crippen LogP contribution in [0.1, 0.15) is 26.4 Å². The minimum atomic E-state index is -0.518. The van der Waals surface area contributed by atoms with Crippen LogP contribution in [0.25, 0.3) is 10.9 Å². The van der Waals surface area contributed by atoms with Gasteiger partial charge in [-0.1, -0.05) is 36.4 Å². The lowest BCUT2D eigenvalue weighted by Gasteiger charge is -2.08. The Kier molecular flexibility index (Phi) is 6.26. The van der Waals surface area contributed by atoms with E-state index < -0.39 is 5.97 Å². The van der Waals surface area contributed by atoms with Gasteiger partial charge in [0.1, 0.15) is 11.4 Å². The lowest BCUT2D eigenvalue weighted by molar-refractivity contribution is 0.0734. The average Bonchev–Trinajstić information content (AvgIpc) is 2.83. The number of carbonyl (C=O) groups excluding carboxylic acids is 2. The van der Waals surface area contributed by atoms with Crippen LogP contribution in [0.5, 0.6) is 5.75 Å². The first kappa shape index (κ1) is 21.5. The minimum absolute atomic E-state index is 0.0630. The summed E-state index contributed by atoms with van der Waals surface area (Å²) in [6.07, 6.45) is 0. The highest BCUT2D eigenvalue weighted by Crippen LogP contribution is 2.22. The maximum Gasteiger partial charge on any atom is 0.343 e. The first-order valence-electron chi connectivity index (χ1n) is 10.1. The molecule has 8 nitrogen and oxygen atoms in total. The highest BCUT2D eigenvalue weighted by Gasteiger charge is 2.11. The molecule has 0 fully saturated rings. The lowest BCUT2D eigenvalue weighted by Crippen LogP contribution is -2.23. The SMILES string of the molecule is NC(N)=Nc1ccc(C(=O)Oc2ccc3nc(C(=O)NCc4ccccc4)ccc3c2)cc1. The van der Waals surface area contributed by atoms with E-state index in [0.717, 1.165) is 10.9 Å². The van der Waals surface area contributed by atoms with Gasteiger partial charge in [-0.25, -0.2) is 14.8 Å². The minimum Gasteiger partial charge on any atom is -0.423 e. The number of nitrogens with one attached hydrogen (secondary N) is 1. The molecule has 0 saturated carbocycles. The topological polar surface area (TPSA) is 133 Å². The maximum absolute atomic E-state index is 12.4. The van der Waals surface area contributed by atoms with Crippen molar-refractivity contribution in [2.75, 3.05) is 0 Å². The fourth-order valence-corrected chi connectivity index (χ4v) is 3.15. The third-order valence-electron chi connectivity index (χ3n) is 4.76. The van der Waals surface area contributed by atoms with Gasteiger partial charge in [-0.2, -0.15) is 0 Å². The molecule has 4 rings (SSSR count). The number of pyridine rings is 1. The fourth-order valence-electron chi connectivity index (χ4n) is 3.15. The number of benzene rings is 3. The van der Waals surface area contributed by atoms with E-state index in [9.17, 15) is 9.59 Å². The van der Waals surface area contributed by atoms with E-state index in [4.69, 9.17) is 16.2 Å². The summed E-state index contributed by atoms with van der Waals surface area (Å²) in [4.78, 5) is 33.2. The Hall–Kier alpha value is -4.72. The van der Waals surface area contributed by atoms with Gasteiger partial charge < -0.3 is 21.5 Å². The number of carbonyl (C=O) groups is 2. The predicted molar refractivity (Wildman–Crippen MR) is 126 cm³/mol. The molecule has 8 heteroatoms. The Morgan fingerprint density at radius 1 is 0.909 bits per heavy atom. The number of esters is 1. The van der Waals surface area contributed by atoms with Crippen LogP contribution in [-0.2, 0) is 6.54 Å². The molecule has 164 valence electrons. The summed E-state index contributed by atoms with van der Waals surface area (Å²) in [6.45, 7) is 0.418. The summed E-state index contributed by atoms with van der Waals surface area (Å²) in [5, 5.41) is 3.60. The summed E-state index contributed by atoms with van der Waals surface area (Å²) in [5.41, 5.74) is 13.5. The summed E-state index contributed by atoms with van der Waals surface area (Å²) >= 11 is 0. The number of guanidine groups is 1. The molecule has 0 bridgehead atoms. The smallest absolute Gasteiger partial charge is 0.343 e. The van der Waals surface area contributed by atoms with E-state index in [1.54, 1.807) is 54.6 Å². The normalized spacial score (nSPS) is 10.4. The molecule has 0 saturated heterocycles. The first-order valence-corrected chi connectivity index (χ1v) is 10.1. The fraction of sp³-hybridized carbons (Fsp3) is 0.0400. The number of amides is 1.